The van der Waals surface area contributed by atoms with E-state index < -0.39 is 0 Å². The number of fused-ring (bicyclic) bond motifs is 6. The lowest BCUT2D eigenvalue weighted by molar-refractivity contribution is 1.13. The van der Waals surface area contributed by atoms with Crippen molar-refractivity contribution in [2.75, 3.05) is 0 Å². The predicted octanol–water partition coefficient (Wildman–Crippen LogP) is 7.37. The Labute approximate surface area is 228 Å². The van der Waals surface area contributed by atoms with Crippen molar-refractivity contribution in [3.05, 3.63) is 119 Å². The summed E-state index contributed by atoms with van der Waals surface area (Å²) in [6.07, 6.45) is 0. The van der Waals surface area contributed by atoms with Gasteiger partial charge in [-0.25, -0.2) is 0 Å². The van der Waals surface area contributed by atoms with E-state index in [-0.39, 0.29) is 0 Å². The second-order valence-electron chi connectivity index (χ2n) is 9.57. The number of rotatable bonds is 2. The summed E-state index contributed by atoms with van der Waals surface area (Å²) < 4.78 is 4.29. The van der Waals surface area contributed by atoms with Crippen LogP contribution in [0.25, 0.3) is 55.0 Å². The van der Waals surface area contributed by atoms with Gasteiger partial charge in [-0.3, -0.25) is 0 Å². The maximum absolute atomic E-state index is 9.53. The summed E-state index contributed by atoms with van der Waals surface area (Å²) in [5, 5.41) is 41.7. The van der Waals surface area contributed by atoms with Gasteiger partial charge in [-0.1, -0.05) is 6.07 Å². The van der Waals surface area contributed by atoms with Crippen molar-refractivity contribution in [1.82, 2.24) is 9.13 Å². The Hall–Kier alpha value is -6.34. The average Bonchev–Trinajstić information content (AvgIpc) is 3.51. The van der Waals surface area contributed by atoms with Crippen LogP contribution in [0.3, 0.4) is 0 Å². The van der Waals surface area contributed by atoms with Gasteiger partial charge in [-0.15, -0.1) is 0 Å². The van der Waals surface area contributed by atoms with E-state index >= 15 is 0 Å². The minimum atomic E-state index is 0.557. The molecule has 7 rings (SSSR count). The van der Waals surface area contributed by atoms with Crippen LogP contribution in [0.4, 0.5) is 0 Å². The predicted molar refractivity (Wildman–Crippen MR) is 154 cm³/mol. The highest BCUT2D eigenvalue weighted by Gasteiger charge is 2.17. The molecule has 0 radical (unpaired) electrons. The van der Waals surface area contributed by atoms with Gasteiger partial charge < -0.3 is 9.13 Å². The van der Waals surface area contributed by atoms with Crippen LogP contribution in [-0.4, -0.2) is 9.13 Å². The second-order valence-corrected chi connectivity index (χ2v) is 9.57. The molecule has 0 aliphatic carbocycles. The van der Waals surface area contributed by atoms with E-state index in [2.05, 4.69) is 39.5 Å². The summed E-state index contributed by atoms with van der Waals surface area (Å²) in [7, 11) is 0. The highest BCUT2D eigenvalue weighted by molar-refractivity contribution is 6.11. The molecule has 2 aromatic heterocycles. The highest BCUT2D eigenvalue weighted by Crippen LogP contribution is 2.36. The molecule has 0 bridgehead atoms. The average molecular weight is 509 g/mol. The first-order valence-corrected chi connectivity index (χ1v) is 12.5. The van der Waals surface area contributed by atoms with Crippen molar-refractivity contribution >= 4 is 43.6 Å². The lowest BCUT2D eigenvalue weighted by Gasteiger charge is -2.13. The zero-order valence-corrected chi connectivity index (χ0v) is 20.9. The van der Waals surface area contributed by atoms with Crippen LogP contribution < -0.4 is 0 Å². The summed E-state index contributed by atoms with van der Waals surface area (Å²) in [6, 6.07) is 39.5. The third-order valence-corrected chi connectivity index (χ3v) is 7.39. The molecule has 0 unspecified atom stereocenters. The maximum atomic E-state index is 9.53. The first kappa shape index (κ1) is 22.8. The van der Waals surface area contributed by atoms with E-state index in [4.69, 9.17) is 0 Å². The van der Waals surface area contributed by atoms with Gasteiger partial charge in [-0.05, 0) is 91.0 Å². The molecule has 40 heavy (non-hydrogen) atoms. The molecule has 0 amide bonds. The molecule has 0 N–H and O–H groups in total. The van der Waals surface area contributed by atoms with Gasteiger partial charge in [0.2, 0.25) is 0 Å². The quantitative estimate of drug-likeness (QED) is 0.243. The Morgan fingerprint density at radius 1 is 0.375 bits per heavy atom. The van der Waals surface area contributed by atoms with Crippen molar-refractivity contribution in [3.63, 3.8) is 0 Å². The van der Waals surface area contributed by atoms with Crippen molar-refractivity contribution in [1.29, 1.82) is 21.0 Å². The Kier molecular flexibility index (Phi) is 4.91. The van der Waals surface area contributed by atoms with Crippen LogP contribution in [0.1, 0.15) is 22.3 Å². The third kappa shape index (κ3) is 3.25. The zero-order valence-electron chi connectivity index (χ0n) is 20.9. The summed E-state index contributed by atoms with van der Waals surface area (Å²) in [6.45, 7) is 0. The fourth-order valence-electron chi connectivity index (χ4n) is 5.65. The lowest BCUT2D eigenvalue weighted by atomic mass is 10.1. The van der Waals surface area contributed by atoms with Crippen LogP contribution in [0, 0.1) is 45.3 Å². The smallest absolute Gasteiger partial charge is 0.0991 e. The number of hydrogen-bond acceptors (Lipinski definition) is 4. The van der Waals surface area contributed by atoms with Crippen LogP contribution >= 0.6 is 0 Å². The van der Waals surface area contributed by atoms with Crippen LogP contribution in [0.2, 0.25) is 0 Å². The first-order valence-electron chi connectivity index (χ1n) is 12.5. The fraction of sp³-hybridized carbons (Fsp3) is 0. The van der Waals surface area contributed by atoms with E-state index in [0.717, 1.165) is 55.0 Å². The van der Waals surface area contributed by atoms with Crippen molar-refractivity contribution in [3.8, 4) is 35.7 Å². The maximum Gasteiger partial charge on any atom is 0.0991 e. The molecule has 6 nitrogen and oxygen atoms in total. The van der Waals surface area contributed by atoms with Crippen LogP contribution in [-0.2, 0) is 0 Å². The Morgan fingerprint density at radius 3 is 0.950 bits per heavy atom. The molecule has 0 atom stereocenters. The van der Waals surface area contributed by atoms with Crippen LogP contribution in [0.15, 0.2) is 97.1 Å². The molecule has 182 valence electrons. The van der Waals surface area contributed by atoms with Gasteiger partial charge in [0, 0.05) is 32.9 Å². The van der Waals surface area contributed by atoms with E-state index in [0.29, 0.717) is 22.3 Å². The van der Waals surface area contributed by atoms with E-state index in [1.165, 1.54) is 0 Å². The standard InChI is InChI=1S/C34H16N6/c35-17-21-4-8-31-27(12-21)28-13-22(18-36)5-9-32(28)39(31)25-2-1-3-26(16-25)40-33-10-6-23(19-37)14-29(33)30-15-24(20-38)7-11-34(30)40/h1-16H. The van der Waals surface area contributed by atoms with Gasteiger partial charge in [-0.2, -0.15) is 21.0 Å². The zero-order chi connectivity index (χ0) is 27.4. The number of nitrogens with zero attached hydrogens (tertiary/aromatic N) is 6. The monoisotopic (exact) mass is 508 g/mol. The molecule has 0 aliphatic rings. The van der Waals surface area contributed by atoms with Crippen molar-refractivity contribution in [2.24, 2.45) is 0 Å². The van der Waals surface area contributed by atoms with Crippen molar-refractivity contribution in [2.45, 2.75) is 0 Å². The topological polar surface area (TPSA) is 105 Å². The normalized spacial score (nSPS) is 10.9. The molecular formula is C34H16N6. The van der Waals surface area contributed by atoms with E-state index in [1.807, 2.05) is 66.7 Å². The summed E-state index contributed by atoms with van der Waals surface area (Å²) in [4.78, 5) is 0. The highest BCUT2D eigenvalue weighted by atomic mass is 15.0. The van der Waals surface area contributed by atoms with Crippen LogP contribution in [0.5, 0.6) is 0 Å². The Balaban J connectivity index is 1.53. The Bertz CT molecular complexity index is 2070. The molecule has 2 heterocycles. The SMILES string of the molecule is N#Cc1ccc2c(c1)c1cc(C#N)ccc1n2-c1cccc(-n2c3ccc(C#N)cc3c3cc(C#N)ccc32)c1. The molecule has 0 saturated carbocycles. The van der Waals surface area contributed by atoms with Crippen molar-refractivity contribution < 1.29 is 0 Å². The lowest BCUT2D eigenvalue weighted by Crippen LogP contribution is -1.98. The molecule has 0 fully saturated rings. The molecule has 6 heteroatoms. The van der Waals surface area contributed by atoms with Gasteiger partial charge in [0.1, 0.15) is 0 Å². The molecule has 5 aromatic carbocycles. The second kappa shape index (κ2) is 8.61. The van der Waals surface area contributed by atoms with E-state index in [9.17, 15) is 21.0 Å². The first-order chi connectivity index (χ1) is 19.6. The minimum Gasteiger partial charge on any atom is -0.309 e. The molecular weight excluding hydrogens is 492 g/mol. The molecule has 7 aromatic rings. The summed E-state index contributed by atoms with van der Waals surface area (Å²) in [5.41, 5.74) is 7.79. The van der Waals surface area contributed by atoms with Gasteiger partial charge in [0.25, 0.3) is 0 Å². The minimum absolute atomic E-state index is 0.557. The third-order valence-electron chi connectivity index (χ3n) is 7.39. The van der Waals surface area contributed by atoms with Gasteiger partial charge in [0.05, 0.1) is 68.6 Å². The fourth-order valence-corrected chi connectivity index (χ4v) is 5.65. The number of nitriles is 4. The Morgan fingerprint density at radius 2 is 0.675 bits per heavy atom. The summed E-state index contributed by atoms with van der Waals surface area (Å²) in [5.74, 6) is 0. The number of aromatic nitrogens is 2. The molecule has 0 spiro atoms. The van der Waals surface area contributed by atoms with Gasteiger partial charge in [0.15, 0.2) is 0 Å². The number of benzene rings is 5. The molecule has 0 aliphatic heterocycles. The number of hydrogen-bond donors (Lipinski definition) is 0. The largest absolute Gasteiger partial charge is 0.309 e. The van der Waals surface area contributed by atoms with Gasteiger partial charge >= 0.3 is 0 Å². The van der Waals surface area contributed by atoms with E-state index in [1.54, 1.807) is 24.3 Å². The molecule has 0 saturated heterocycles. The summed E-state index contributed by atoms with van der Waals surface area (Å²) >= 11 is 0.